The summed E-state index contributed by atoms with van der Waals surface area (Å²) < 4.78 is 38.0. The molecule has 8 nitrogen and oxygen atoms in total. The summed E-state index contributed by atoms with van der Waals surface area (Å²) in [5, 5.41) is 2.88. The predicted molar refractivity (Wildman–Crippen MR) is 124 cm³/mol. The Morgan fingerprint density at radius 3 is 2.45 bits per heavy atom. The molecule has 0 saturated carbocycles. The third-order valence-electron chi connectivity index (χ3n) is 5.47. The number of hydrogen-bond acceptors (Lipinski definition) is 6. The van der Waals surface area contributed by atoms with Crippen LogP contribution in [0.3, 0.4) is 0 Å². The highest BCUT2D eigenvalue weighted by Gasteiger charge is 2.25. The first kappa shape index (κ1) is 23.2. The molecule has 3 aromatic rings. The van der Waals surface area contributed by atoms with Crippen molar-refractivity contribution < 1.29 is 22.4 Å². The Morgan fingerprint density at radius 1 is 1.00 bits per heavy atom. The summed E-state index contributed by atoms with van der Waals surface area (Å²) in [4.78, 5) is 16.6. The van der Waals surface area contributed by atoms with E-state index in [1.165, 1.54) is 4.31 Å². The van der Waals surface area contributed by atoms with Crippen LogP contribution in [0.5, 0.6) is 0 Å². The van der Waals surface area contributed by atoms with Crippen LogP contribution in [-0.2, 0) is 38.3 Å². The number of nitrogens with one attached hydrogen (secondary N) is 1. The third-order valence-corrected chi connectivity index (χ3v) is 7.30. The molecule has 174 valence electrons. The van der Waals surface area contributed by atoms with E-state index < -0.39 is 10.0 Å². The van der Waals surface area contributed by atoms with Crippen LogP contribution in [0.1, 0.15) is 23.4 Å². The van der Waals surface area contributed by atoms with Crippen molar-refractivity contribution in [2.75, 3.05) is 26.3 Å². The Bertz CT molecular complexity index is 1170. The summed E-state index contributed by atoms with van der Waals surface area (Å²) in [5.74, 6) is 0.917. The number of rotatable bonds is 9. The number of oxazole rings is 1. The number of nitrogens with zero attached hydrogens (tertiary/aromatic N) is 2. The average Bonchev–Trinajstić information content (AvgIpc) is 3.32. The number of hydrogen-bond donors (Lipinski definition) is 1. The van der Waals surface area contributed by atoms with Crippen molar-refractivity contribution in [1.82, 2.24) is 14.6 Å². The van der Waals surface area contributed by atoms with E-state index in [-0.39, 0.29) is 24.6 Å². The lowest BCUT2D eigenvalue weighted by molar-refractivity contribution is -0.121. The molecule has 0 bridgehead atoms. The minimum Gasteiger partial charge on any atom is -0.441 e. The standard InChI is InChI=1S/C24H27N3O5S/c28-23(10-11-24-26-17-22(32-24)19-6-2-1-3-7-19)25-16-20-8-4-5-9-21(20)18-33(29,30)27-12-14-31-15-13-27/h1-9,17H,10-16,18H2,(H,25,28). The number of amides is 1. The van der Waals surface area contributed by atoms with Crippen molar-refractivity contribution in [1.29, 1.82) is 0 Å². The fourth-order valence-corrected chi connectivity index (χ4v) is 5.21. The summed E-state index contributed by atoms with van der Waals surface area (Å²) >= 11 is 0. The van der Waals surface area contributed by atoms with Crippen LogP contribution in [0.15, 0.2) is 65.2 Å². The number of aromatic nitrogens is 1. The van der Waals surface area contributed by atoms with Gasteiger partial charge in [-0.05, 0) is 11.1 Å². The monoisotopic (exact) mass is 469 g/mol. The van der Waals surface area contributed by atoms with E-state index in [4.69, 9.17) is 9.15 Å². The molecule has 0 spiro atoms. The number of carbonyl (C=O) groups excluding carboxylic acids is 1. The van der Waals surface area contributed by atoms with Gasteiger partial charge in [-0.25, -0.2) is 13.4 Å². The molecule has 2 heterocycles. The molecule has 33 heavy (non-hydrogen) atoms. The maximum Gasteiger partial charge on any atom is 0.220 e. The third kappa shape index (κ3) is 6.28. The molecular formula is C24H27N3O5S. The summed E-state index contributed by atoms with van der Waals surface area (Å²) in [6.07, 6.45) is 2.27. The number of aryl methyl sites for hydroxylation is 1. The first-order chi connectivity index (χ1) is 16.0. The van der Waals surface area contributed by atoms with Crippen molar-refractivity contribution >= 4 is 15.9 Å². The molecule has 1 aliphatic rings. The molecule has 0 atom stereocenters. The SMILES string of the molecule is O=C(CCc1ncc(-c2ccccc2)o1)NCc1ccccc1CS(=O)(=O)N1CCOCC1. The number of morpholine rings is 1. The molecule has 9 heteroatoms. The fourth-order valence-electron chi connectivity index (χ4n) is 3.65. The molecule has 1 saturated heterocycles. The summed E-state index contributed by atoms with van der Waals surface area (Å²) in [6, 6.07) is 16.9. The van der Waals surface area contributed by atoms with Crippen molar-refractivity contribution in [3.05, 3.63) is 77.8 Å². The van der Waals surface area contributed by atoms with Crippen molar-refractivity contribution in [2.45, 2.75) is 25.1 Å². The largest absolute Gasteiger partial charge is 0.441 e. The quantitative estimate of drug-likeness (QED) is 0.517. The highest BCUT2D eigenvalue weighted by Crippen LogP contribution is 2.20. The molecule has 2 aromatic carbocycles. The first-order valence-corrected chi connectivity index (χ1v) is 12.5. The highest BCUT2D eigenvalue weighted by atomic mass is 32.2. The Hall–Kier alpha value is -3.01. The lowest BCUT2D eigenvalue weighted by Gasteiger charge is -2.26. The zero-order valence-corrected chi connectivity index (χ0v) is 19.1. The molecule has 1 aromatic heterocycles. The van der Waals surface area contributed by atoms with E-state index in [1.807, 2.05) is 48.5 Å². The summed E-state index contributed by atoms with van der Waals surface area (Å²) in [7, 11) is -3.44. The summed E-state index contributed by atoms with van der Waals surface area (Å²) in [5.41, 5.74) is 2.40. The van der Waals surface area contributed by atoms with Gasteiger partial charge in [-0.1, -0.05) is 54.6 Å². The van der Waals surface area contributed by atoms with Gasteiger partial charge in [-0.2, -0.15) is 4.31 Å². The smallest absolute Gasteiger partial charge is 0.220 e. The van der Waals surface area contributed by atoms with E-state index in [9.17, 15) is 13.2 Å². The minimum absolute atomic E-state index is 0.0996. The zero-order chi connectivity index (χ0) is 23.1. The van der Waals surface area contributed by atoms with Crippen LogP contribution < -0.4 is 5.32 Å². The Morgan fingerprint density at radius 2 is 1.70 bits per heavy atom. The molecule has 1 aliphatic heterocycles. The normalized spacial score (nSPS) is 14.8. The second kappa shape index (κ2) is 10.7. The Kier molecular flexibility index (Phi) is 7.54. The minimum atomic E-state index is -3.44. The predicted octanol–water partition coefficient (Wildman–Crippen LogP) is 2.75. The van der Waals surface area contributed by atoms with E-state index in [1.54, 1.807) is 12.3 Å². The average molecular weight is 470 g/mol. The second-order valence-corrected chi connectivity index (χ2v) is 9.77. The number of ether oxygens (including phenoxy) is 1. The molecule has 4 rings (SSSR count). The van der Waals surface area contributed by atoms with Crippen molar-refractivity contribution in [2.24, 2.45) is 0 Å². The maximum absolute atomic E-state index is 12.8. The first-order valence-electron chi connectivity index (χ1n) is 10.9. The van der Waals surface area contributed by atoms with E-state index in [2.05, 4.69) is 10.3 Å². The fraction of sp³-hybridized carbons (Fsp3) is 0.333. The molecule has 1 amide bonds. The number of carbonyl (C=O) groups is 1. The second-order valence-electron chi connectivity index (χ2n) is 7.80. The molecule has 1 N–H and O–H groups in total. The summed E-state index contributed by atoms with van der Waals surface area (Å²) in [6.45, 7) is 1.82. The lowest BCUT2D eigenvalue weighted by atomic mass is 10.1. The molecule has 0 unspecified atom stereocenters. The van der Waals surface area contributed by atoms with Gasteiger partial charge < -0.3 is 14.5 Å². The molecule has 1 fully saturated rings. The van der Waals surface area contributed by atoms with Crippen LogP contribution in [-0.4, -0.2) is 49.9 Å². The molecular weight excluding hydrogens is 442 g/mol. The zero-order valence-electron chi connectivity index (χ0n) is 18.3. The van der Waals surface area contributed by atoms with Gasteiger partial charge in [0.05, 0.1) is 25.2 Å². The van der Waals surface area contributed by atoms with Gasteiger partial charge in [0.2, 0.25) is 15.9 Å². The van der Waals surface area contributed by atoms with Crippen LogP contribution in [0, 0.1) is 0 Å². The molecule has 0 radical (unpaired) electrons. The Labute approximate surface area is 193 Å². The van der Waals surface area contributed by atoms with Crippen molar-refractivity contribution in [3.8, 4) is 11.3 Å². The van der Waals surface area contributed by atoms with Crippen LogP contribution in [0.25, 0.3) is 11.3 Å². The van der Waals surface area contributed by atoms with Gasteiger partial charge in [0, 0.05) is 38.0 Å². The van der Waals surface area contributed by atoms with Crippen LogP contribution in [0.2, 0.25) is 0 Å². The highest BCUT2D eigenvalue weighted by molar-refractivity contribution is 7.88. The van der Waals surface area contributed by atoms with Gasteiger partial charge in [0.25, 0.3) is 0 Å². The van der Waals surface area contributed by atoms with E-state index in [0.717, 1.165) is 11.1 Å². The van der Waals surface area contributed by atoms with E-state index >= 15 is 0 Å². The topological polar surface area (TPSA) is 102 Å². The van der Waals surface area contributed by atoms with Crippen molar-refractivity contribution in [3.63, 3.8) is 0 Å². The van der Waals surface area contributed by atoms with E-state index in [0.29, 0.717) is 49.9 Å². The number of sulfonamides is 1. The van der Waals surface area contributed by atoms with Crippen LogP contribution >= 0.6 is 0 Å². The van der Waals surface area contributed by atoms with Gasteiger partial charge in [0.15, 0.2) is 11.7 Å². The number of benzene rings is 2. The Balaban J connectivity index is 1.30. The molecule has 0 aliphatic carbocycles. The van der Waals surface area contributed by atoms with Gasteiger partial charge in [-0.3, -0.25) is 4.79 Å². The van der Waals surface area contributed by atoms with Gasteiger partial charge >= 0.3 is 0 Å². The maximum atomic E-state index is 12.8. The van der Waals surface area contributed by atoms with Crippen LogP contribution in [0.4, 0.5) is 0 Å². The van der Waals surface area contributed by atoms with Gasteiger partial charge in [-0.15, -0.1) is 0 Å². The van der Waals surface area contributed by atoms with Gasteiger partial charge in [0.1, 0.15) is 0 Å². The lowest BCUT2D eigenvalue weighted by Crippen LogP contribution is -2.41.